The van der Waals surface area contributed by atoms with Gasteiger partial charge in [-0.3, -0.25) is 4.79 Å². The minimum atomic E-state index is -0.660. The predicted molar refractivity (Wildman–Crippen MR) is 84.7 cm³/mol. The van der Waals surface area contributed by atoms with E-state index in [1.165, 1.54) is 0 Å². The van der Waals surface area contributed by atoms with Gasteiger partial charge in [0.05, 0.1) is 6.07 Å². The van der Waals surface area contributed by atoms with E-state index in [1.807, 2.05) is 32.9 Å². The summed E-state index contributed by atoms with van der Waals surface area (Å²) in [6.07, 6.45) is 2.47. The van der Waals surface area contributed by atoms with Gasteiger partial charge in [0.25, 0.3) is 5.91 Å². The molecule has 4 nitrogen and oxygen atoms in total. The average Bonchev–Trinajstić information content (AvgIpc) is 2.80. The third-order valence-electron chi connectivity index (χ3n) is 5.01. The van der Waals surface area contributed by atoms with Crippen LogP contribution < -0.4 is 0 Å². The van der Waals surface area contributed by atoms with Crippen LogP contribution >= 0.6 is 0 Å². The van der Waals surface area contributed by atoms with E-state index in [2.05, 4.69) is 6.07 Å². The van der Waals surface area contributed by atoms with Crippen LogP contribution in [0.3, 0.4) is 0 Å². The summed E-state index contributed by atoms with van der Waals surface area (Å²) in [5, 5.41) is 10.4. The van der Waals surface area contributed by atoms with Crippen LogP contribution in [0.5, 0.6) is 0 Å². The molecule has 1 aliphatic rings. The number of carbonyl (C=O) groups is 1. The molecule has 0 aliphatic heterocycles. The molecule has 2 aromatic rings. The van der Waals surface area contributed by atoms with Crippen molar-refractivity contribution in [3.8, 4) is 6.07 Å². The Balaban J connectivity index is 2.09. The van der Waals surface area contributed by atoms with E-state index in [9.17, 15) is 10.1 Å². The van der Waals surface area contributed by atoms with Crippen LogP contribution in [0.2, 0.25) is 0 Å². The van der Waals surface area contributed by atoms with Gasteiger partial charge in [-0.2, -0.15) is 5.26 Å². The lowest BCUT2D eigenvalue weighted by molar-refractivity contribution is 0.0468. The van der Waals surface area contributed by atoms with Crippen LogP contribution in [0.25, 0.3) is 11.0 Å². The molecular formula is C18H20N2O2. The zero-order valence-corrected chi connectivity index (χ0v) is 13.5. The molecule has 1 saturated carbocycles. The Bertz CT molecular complexity index is 807. The molecule has 0 N–H and O–H groups in total. The minimum Gasteiger partial charge on any atom is -0.450 e. The third-order valence-corrected chi connectivity index (χ3v) is 5.01. The highest BCUT2D eigenvalue weighted by atomic mass is 16.3. The number of carbonyl (C=O) groups excluding carboxylic acids is 1. The summed E-state index contributed by atoms with van der Waals surface area (Å²) in [6.45, 7) is 5.91. The van der Waals surface area contributed by atoms with Crippen LogP contribution in [0.15, 0.2) is 16.5 Å². The number of aryl methyl sites for hydroxylation is 3. The number of furan rings is 1. The minimum absolute atomic E-state index is 0.200. The Morgan fingerprint density at radius 1 is 1.27 bits per heavy atom. The second-order valence-electron chi connectivity index (χ2n) is 6.32. The highest BCUT2D eigenvalue weighted by molar-refractivity contribution is 6.00. The van der Waals surface area contributed by atoms with Gasteiger partial charge in [0, 0.05) is 18.0 Å². The van der Waals surface area contributed by atoms with E-state index in [4.69, 9.17) is 4.42 Å². The first-order valence-corrected chi connectivity index (χ1v) is 7.60. The topological polar surface area (TPSA) is 57.2 Å². The van der Waals surface area contributed by atoms with Gasteiger partial charge in [-0.25, -0.2) is 0 Å². The molecule has 0 bridgehead atoms. The Hall–Kier alpha value is -2.28. The lowest BCUT2D eigenvalue weighted by atomic mass is 9.76. The van der Waals surface area contributed by atoms with E-state index in [0.29, 0.717) is 5.76 Å². The first-order chi connectivity index (χ1) is 10.4. The first-order valence-electron chi connectivity index (χ1n) is 7.60. The highest BCUT2D eigenvalue weighted by Gasteiger charge is 2.44. The summed E-state index contributed by atoms with van der Waals surface area (Å²) in [7, 11) is 1.71. The van der Waals surface area contributed by atoms with Crippen LogP contribution in [-0.4, -0.2) is 23.4 Å². The summed E-state index contributed by atoms with van der Waals surface area (Å²) in [4.78, 5) is 14.4. The Morgan fingerprint density at radius 2 is 1.91 bits per heavy atom. The maximum atomic E-state index is 12.8. The molecule has 1 fully saturated rings. The summed E-state index contributed by atoms with van der Waals surface area (Å²) in [5.41, 5.74) is 3.09. The number of benzene rings is 1. The summed E-state index contributed by atoms with van der Waals surface area (Å²) < 4.78 is 5.90. The fourth-order valence-electron chi connectivity index (χ4n) is 3.26. The van der Waals surface area contributed by atoms with Crippen molar-refractivity contribution in [3.63, 3.8) is 0 Å². The molecule has 1 aromatic carbocycles. The number of fused-ring (bicyclic) bond motifs is 1. The number of rotatable bonds is 2. The summed E-state index contributed by atoms with van der Waals surface area (Å²) in [5.74, 6) is 0.158. The van der Waals surface area contributed by atoms with Crippen molar-refractivity contribution < 1.29 is 9.21 Å². The lowest BCUT2D eigenvalue weighted by Gasteiger charge is -2.42. The zero-order chi connectivity index (χ0) is 16.1. The molecular weight excluding hydrogens is 276 g/mol. The van der Waals surface area contributed by atoms with Crippen molar-refractivity contribution >= 4 is 16.9 Å². The fraction of sp³-hybridized carbons (Fsp3) is 0.444. The Labute approximate surface area is 130 Å². The van der Waals surface area contributed by atoms with Crippen LogP contribution in [0, 0.1) is 32.1 Å². The molecule has 0 spiro atoms. The van der Waals surface area contributed by atoms with Crippen molar-refractivity contribution in [2.24, 2.45) is 0 Å². The summed E-state index contributed by atoms with van der Waals surface area (Å²) in [6, 6.07) is 6.35. The first kappa shape index (κ1) is 14.6. The van der Waals surface area contributed by atoms with E-state index in [-0.39, 0.29) is 5.91 Å². The van der Waals surface area contributed by atoms with Gasteiger partial charge in [0.1, 0.15) is 11.1 Å². The standard InChI is InChI=1S/C18H20N2O2/c1-11-6-7-12(2)15-14(11)13(3)16(22-15)17(21)20(4)18(10-19)8-5-9-18/h6-7H,5,8-9H2,1-4H3. The van der Waals surface area contributed by atoms with Gasteiger partial charge in [-0.15, -0.1) is 0 Å². The molecule has 3 rings (SSSR count). The van der Waals surface area contributed by atoms with Gasteiger partial charge in [-0.05, 0) is 51.2 Å². The molecule has 0 atom stereocenters. The SMILES string of the molecule is Cc1ccc(C)c2c(C)c(C(=O)N(C)C3(C#N)CCC3)oc12. The number of amides is 1. The maximum absolute atomic E-state index is 12.8. The monoisotopic (exact) mass is 296 g/mol. The second-order valence-corrected chi connectivity index (χ2v) is 6.32. The van der Waals surface area contributed by atoms with E-state index in [1.54, 1.807) is 11.9 Å². The molecule has 1 aromatic heterocycles. The number of hydrogen-bond donors (Lipinski definition) is 0. The van der Waals surface area contributed by atoms with Gasteiger partial charge in [0.2, 0.25) is 0 Å². The largest absolute Gasteiger partial charge is 0.450 e. The number of nitriles is 1. The maximum Gasteiger partial charge on any atom is 0.290 e. The van der Waals surface area contributed by atoms with Crippen molar-refractivity contribution in [2.45, 2.75) is 45.6 Å². The average molecular weight is 296 g/mol. The Morgan fingerprint density at radius 3 is 2.41 bits per heavy atom. The fourth-order valence-corrected chi connectivity index (χ4v) is 3.26. The van der Waals surface area contributed by atoms with E-state index >= 15 is 0 Å². The summed E-state index contributed by atoms with van der Waals surface area (Å²) >= 11 is 0. The molecule has 1 heterocycles. The Kier molecular flexibility index (Phi) is 3.25. The quantitative estimate of drug-likeness (QED) is 0.845. The number of nitrogens with zero attached hydrogens (tertiary/aromatic N) is 2. The van der Waals surface area contributed by atoms with Crippen LogP contribution in [0.1, 0.15) is 46.5 Å². The molecule has 0 unspecified atom stereocenters. The third kappa shape index (κ3) is 1.85. The van der Waals surface area contributed by atoms with Crippen molar-refractivity contribution in [2.75, 3.05) is 7.05 Å². The van der Waals surface area contributed by atoms with Crippen LogP contribution in [0.4, 0.5) is 0 Å². The number of hydrogen-bond acceptors (Lipinski definition) is 3. The molecule has 114 valence electrons. The van der Waals surface area contributed by atoms with Gasteiger partial charge in [-0.1, -0.05) is 12.1 Å². The lowest BCUT2D eigenvalue weighted by Crippen LogP contribution is -2.53. The molecule has 1 amide bonds. The van der Waals surface area contributed by atoms with Gasteiger partial charge in [0.15, 0.2) is 5.76 Å². The smallest absolute Gasteiger partial charge is 0.290 e. The zero-order valence-electron chi connectivity index (χ0n) is 13.5. The van der Waals surface area contributed by atoms with E-state index in [0.717, 1.165) is 46.9 Å². The van der Waals surface area contributed by atoms with Crippen molar-refractivity contribution in [1.82, 2.24) is 4.90 Å². The molecule has 0 saturated heterocycles. The predicted octanol–water partition coefficient (Wildman–Crippen LogP) is 3.88. The van der Waals surface area contributed by atoms with Crippen molar-refractivity contribution in [3.05, 3.63) is 34.6 Å². The molecule has 1 aliphatic carbocycles. The van der Waals surface area contributed by atoms with Crippen molar-refractivity contribution in [1.29, 1.82) is 5.26 Å². The molecule has 0 radical (unpaired) electrons. The molecule has 4 heteroatoms. The second kappa shape index (κ2) is 4.88. The normalized spacial score (nSPS) is 16.1. The van der Waals surface area contributed by atoms with Crippen LogP contribution in [-0.2, 0) is 0 Å². The molecule has 22 heavy (non-hydrogen) atoms. The van der Waals surface area contributed by atoms with Gasteiger partial charge >= 0.3 is 0 Å². The highest BCUT2D eigenvalue weighted by Crippen LogP contribution is 2.38. The van der Waals surface area contributed by atoms with E-state index < -0.39 is 5.54 Å². The van der Waals surface area contributed by atoms with Gasteiger partial charge < -0.3 is 9.32 Å².